The molecular formula is C27H35ClN2O. The van der Waals surface area contributed by atoms with Crippen molar-refractivity contribution >= 4 is 17.5 Å². The molecule has 2 unspecified atom stereocenters. The van der Waals surface area contributed by atoms with Crippen LogP contribution in [0.5, 0.6) is 0 Å². The van der Waals surface area contributed by atoms with Crippen LogP contribution in [-0.2, 0) is 11.3 Å². The topological polar surface area (TPSA) is 32.3 Å². The molecule has 2 aromatic carbocycles. The molecule has 1 saturated carbocycles. The Morgan fingerprint density at radius 2 is 1.84 bits per heavy atom. The number of hydrogen-bond donors (Lipinski definition) is 1. The van der Waals surface area contributed by atoms with Crippen LogP contribution in [0, 0.1) is 11.3 Å². The van der Waals surface area contributed by atoms with Crippen molar-refractivity contribution in [3.05, 3.63) is 70.7 Å². The highest BCUT2D eigenvalue weighted by Gasteiger charge is 2.48. The maximum atomic E-state index is 13.4. The number of nitrogens with one attached hydrogen (secondary N) is 1. The van der Waals surface area contributed by atoms with Crippen LogP contribution in [0.1, 0.15) is 63.0 Å². The molecule has 4 rings (SSSR count). The number of hydrogen-bond acceptors (Lipinski definition) is 2. The smallest absolute Gasteiger partial charge is 0.226 e. The van der Waals surface area contributed by atoms with Crippen LogP contribution in [-0.4, -0.2) is 29.9 Å². The van der Waals surface area contributed by atoms with E-state index in [0.29, 0.717) is 29.4 Å². The minimum absolute atomic E-state index is 0.212. The lowest BCUT2D eigenvalue weighted by Gasteiger charge is -2.38. The summed E-state index contributed by atoms with van der Waals surface area (Å²) in [5.41, 5.74) is 2.27. The monoisotopic (exact) mass is 438 g/mol. The van der Waals surface area contributed by atoms with Crippen molar-refractivity contribution in [2.24, 2.45) is 11.3 Å². The average molecular weight is 439 g/mol. The Labute approximate surface area is 192 Å². The zero-order valence-corrected chi connectivity index (χ0v) is 19.6. The molecule has 3 nitrogen and oxygen atoms in total. The molecule has 1 aliphatic heterocycles. The van der Waals surface area contributed by atoms with Crippen molar-refractivity contribution < 1.29 is 4.79 Å². The summed E-state index contributed by atoms with van der Waals surface area (Å²) in [6, 6.07) is 19.2. The Hall–Kier alpha value is -1.84. The summed E-state index contributed by atoms with van der Waals surface area (Å²) in [6.45, 7) is 7.25. The first-order valence-corrected chi connectivity index (χ1v) is 12.2. The van der Waals surface area contributed by atoms with E-state index in [2.05, 4.69) is 54.4 Å². The van der Waals surface area contributed by atoms with Crippen molar-refractivity contribution in [3.63, 3.8) is 0 Å². The molecule has 0 bridgehead atoms. The fourth-order valence-electron chi connectivity index (χ4n) is 5.68. The number of benzene rings is 2. The minimum Gasteiger partial charge on any atom is -0.352 e. The van der Waals surface area contributed by atoms with Crippen molar-refractivity contribution in [3.8, 4) is 0 Å². The Kier molecular flexibility index (Phi) is 7.03. The van der Waals surface area contributed by atoms with Crippen LogP contribution in [0.15, 0.2) is 54.6 Å². The average Bonchev–Trinajstić information content (AvgIpc) is 3.25. The van der Waals surface area contributed by atoms with Crippen LogP contribution >= 0.6 is 11.6 Å². The van der Waals surface area contributed by atoms with Gasteiger partial charge in [0.15, 0.2) is 0 Å². The number of carbonyl (C=O) groups is 1. The molecule has 2 aromatic rings. The van der Waals surface area contributed by atoms with E-state index < -0.39 is 0 Å². The van der Waals surface area contributed by atoms with Gasteiger partial charge in [-0.3, -0.25) is 4.79 Å². The SMILES string of the molecule is CC(C)C1(C(=O)NCc2cccc(Cl)c2)CCC(N2CCC(c3ccccc3)CC2)C1. The van der Waals surface area contributed by atoms with E-state index in [-0.39, 0.29) is 11.3 Å². The zero-order chi connectivity index (χ0) is 21.8. The van der Waals surface area contributed by atoms with Gasteiger partial charge >= 0.3 is 0 Å². The molecule has 0 aromatic heterocycles. The second-order valence-electron chi connectivity index (χ2n) is 9.74. The summed E-state index contributed by atoms with van der Waals surface area (Å²) >= 11 is 6.10. The van der Waals surface area contributed by atoms with Crippen LogP contribution < -0.4 is 5.32 Å². The molecule has 0 radical (unpaired) electrons. The van der Waals surface area contributed by atoms with Crippen molar-refractivity contribution in [2.75, 3.05) is 13.1 Å². The Balaban J connectivity index is 1.35. The maximum absolute atomic E-state index is 13.4. The largest absolute Gasteiger partial charge is 0.352 e. The minimum atomic E-state index is -0.264. The van der Waals surface area contributed by atoms with Crippen molar-refractivity contribution in [1.29, 1.82) is 0 Å². The van der Waals surface area contributed by atoms with Gasteiger partial charge in [0.05, 0.1) is 5.41 Å². The van der Waals surface area contributed by atoms with Gasteiger partial charge in [-0.15, -0.1) is 0 Å². The number of nitrogens with zero attached hydrogens (tertiary/aromatic N) is 1. The molecular weight excluding hydrogens is 404 g/mol. The van der Waals surface area contributed by atoms with Gasteiger partial charge in [0, 0.05) is 17.6 Å². The molecule has 1 aliphatic carbocycles. The normalized spacial score (nSPS) is 25.1. The van der Waals surface area contributed by atoms with Crippen LogP contribution in [0.3, 0.4) is 0 Å². The van der Waals surface area contributed by atoms with Gasteiger partial charge in [0.25, 0.3) is 0 Å². The third-order valence-electron chi connectivity index (χ3n) is 7.74. The number of amides is 1. The third kappa shape index (κ3) is 4.99. The molecule has 1 heterocycles. The van der Waals surface area contributed by atoms with E-state index in [1.54, 1.807) is 0 Å². The van der Waals surface area contributed by atoms with Gasteiger partial charge in [0.1, 0.15) is 0 Å². The Bertz CT molecular complexity index is 876. The van der Waals surface area contributed by atoms with Gasteiger partial charge in [-0.2, -0.15) is 0 Å². The fraction of sp³-hybridized carbons (Fsp3) is 0.519. The molecule has 0 spiro atoms. The van der Waals surface area contributed by atoms with E-state index in [9.17, 15) is 4.79 Å². The Morgan fingerprint density at radius 3 is 2.52 bits per heavy atom. The van der Waals surface area contributed by atoms with Crippen LogP contribution in [0.25, 0.3) is 0 Å². The number of likely N-dealkylation sites (tertiary alicyclic amines) is 1. The number of piperidine rings is 1. The standard InChI is InChI=1S/C27H35ClN2O/c1-20(2)27(26(31)29-19-21-7-6-10-24(28)17-21)14-11-25(18-27)30-15-12-23(13-16-30)22-8-4-3-5-9-22/h3-10,17,20,23,25H,11-16,18-19H2,1-2H3,(H,29,31). The van der Waals surface area contributed by atoms with Gasteiger partial charge in [-0.1, -0.05) is 67.9 Å². The van der Waals surface area contributed by atoms with Gasteiger partial charge in [-0.25, -0.2) is 0 Å². The molecule has 1 amide bonds. The van der Waals surface area contributed by atoms with Crippen molar-refractivity contribution in [2.45, 2.75) is 64.5 Å². The van der Waals surface area contributed by atoms with Crippen LogP contribution in [0.2, 0.25) is 5.02 Å². The molecule has 1 saturated heterocycles. The maximum Gasteiger partial charge on any atom is 0.226 e. The molecule has 2 fully saturated rings. The lowest BCUT2D eigenvalue weighted by Crippen LogP contribution is -2.45. The summed E-state index contributed by atoms with van der Waals surface area (Å²) in [5.74, 6) is 1.22. The van der Waals surface area contributed by atoms with E-state index in [1.165, 1.54) is 18.4 Å². The molecule has 2 aliphatic rings. The lowest BCUT2D eigenvalue weighted by molar-refractivity contribution is -0.133. The quantitative estimate of drug-likeness (QED) is 0.597. The zero-order valence-electron chi connectivity index (χ0n) is 18.8. The third-order valence-corrected chi connectivity index (χ3v) is 7.98. The molecule has 1 N–H and O–H groups in total. The summed E-state index contributed by atoms with van der Waals surface area (Å²) < 4.78 is 0. The van der Waals surface area contributed by atoms with Crippen LogP contribution in [0.4, 0.5) is 0 Å². The van der Waals surface area contributed by atoms with Gasteiger partial charge < -0.3 is 10.2 Å². The van der Waals surface area contributed by atoms with Gasteiger partial charge in [0.2, 0.25) is 5.91 Å². The number of halogens is 1. The predicted molar refractivity (Wildman–Crippen MR) is 128 cm³/mol. The van der Waals surface area contributed by atoms with E-state index in [1.807, 2.05) is 24.3 Å². The highest BCUT2D eigenvalue weighted by atomic mass is 35.5. The van der Waals surface area contributed by atoms with E-state index >= 15 is 0 Å². The number of carbonyl (C=O) groups excluding carboxylic acids is 1. The summed E-state index contributed by atoms with van der Waals surface area (Å²) in [7, 11) is 0. The second-order valence-corrected chi connectivity index (χ2v) is 10.2. The summed E-state index contributed by atoms with van der Waals surface area (Å²) in [5, 5.41) is 3.94. The Morgan fingerprint density at radius 1 is 1.10 bits per heavy atom. The van der Waals surface area contributed by atoms with Gasteiger partial charge in [-0.05, 0) is 80.3 Å². The summed E-state index contributed by atoms with van der Waals surface area (Å²) in [4.78, 5) is 16.0. The second kappa shape index (κ2) is 9.75. The van der Waals surface area contributed by atoms with Crippen molar-refractivity contribution in [1.82, 2.24) is 10.2 Å². The molecule has 166 valence electrons. The number of rotatable bonds is 6. The lowest BCUT2D eigenvalue weighted by atomic mass is 9.74. The first-order chi connectivity index (χ1) is 15.0. The van der Waals surface area contributed by atoms with E-state index in [4.69, 9.17) is 11.6 Å². The highest BCUT2D eigenvalue weighted by Crippen LogP contribution is 2.47. The first-order valence-electron chi connectivity index (χ1n) is 11.8. The van der Waals surface area contributed by atoms with E-state index in [0.717, 1.165) is 37.9 Å². The molecule has 31 heavy (non-hydrogen) atoms. The predicted octanol–water partition coefficient (Wildman–Crippen LogP) is 6.03. The highest BCUT2D eigenvalue weighted by molar-refractivity contribution is 6.30. The molecule has 2 atom stereocenters. The first kappa shape index (κ1) is 22.4. The summed E-state index contributed by atoms with van der Waals surface area (Å²) in [6.07, 6.45) is 5.52. The molecule has 4 heteroatoms. The fourth-order valence-corrected chi connectivity index (χ4v) is 5.89.